The lowest BCUT2D eigenvalue weighted by Crippen LogP contribution is -2.33. The van der Waals surface area contributed by atoms with Gasteiger partial charge in [0.15, 0.2) is 0 Å². The van der Waals surface area contributed by atoms with Crippen LogP contribution in [0.25, 0.3) is 11.6 Å². The normalized spacial score (nSPS) is 16.6. The van der Waals surface area contributed by atoms with Crippen molar-refractivity contribution in [3.63, 3.8) is 0 Å². The van der Waals surface area contributed by atoms with Crippen LogP contribution in [-0.4, -0.2) is 57.5 Å². The maximum Gasteiger partial charge on any atom is 0.256 e. The van der Waals surface area contributed by atoms with Crippen LogP contribution in [0.15, 0.2) is 23.1 Å². The van der Waals surface area contributed by atoms with Crippen molar-refractivity contribution < 1.29 is 14.1 Å². The van der Waals surface area contributed by atoms with Crippen LogP contribution in [0.2, 0.25) is 0 Å². The molecule has 1 amide bonds. The number of aromatic nitrogens is 1. The number of carbonyl (C=O) groups is 1. The minimum Gasteiger partial charge on any atom is -0.374 e. The predicted octanol–water partition coefficient (Wildman–Crippen LogP) is 2.78. The molecule has 3 rings (SSSR count). The van der Waals surface area contributed by atoms with Gasteiger partial charge in [-0.05, 0) is 56.8 Å². The molecule has 0 saturated heterocycles. The van der Waals surface area contributed by atoms with Gasteiger partial charge in [0, 0.05) is 63.2 Å². The molecule has 4 N–H and O–H groups in total. The zero-order valence-corrected chi connectivity index (χ0v) is 19.7. The molecule has 0 aliphatic carbocycles. The molecule has 1 aliphatic heterocycles. The molecule has 8 heteroatoms. The quantitative estimate of drug-likeness (QED) is 0.352. The summed E-state index contributed by atoms with van der Waals surface area (Å²) in [5.74, 6) is -0.194. The fourth-order valence-electron chi connectivity index (χ4n) is 3.98. The zero-order valence-electron chi connectivity index (χ0n) is 18.8. The maximum atomic E-state index is 12.6. The molecule has 0 radical (unpaired) electrons. The predicted molar refractivity (Wildman–Crippen MR) is 126 cm³/mol. The number of aliphatic hydroxyl groups excluding tert-OH is 1. The Labute approximate surface area is 186 Å². The van der Waals surface area contributed by atoms with Gasteiger partial charge in [0.1, 0.15) is 6.23 Å². The van der Waals surface area contributed by atoms with Crippen LogP contribution >= 0.6 is 0 Å². The molecule has 0 bridgehead atoms. The van der Waals surface area contributed by atoms with Crippen molar-refractivity contribution in [2.24, 2.45) is 0 Å². The number of aryl methyl sites for hydroxylation is 1. The number of aliphatic hydroxyl groups is 1. The molecule has 7 nitrogen and oxygen atoms in total. The number of nitrogens with zero attached hydrogens (tertiary/aromatic N) is 1. The smallest absolute Gasteiger partial charge is 0.256 e. The first-order valence-electron chi connectivity index (χ1n) is 10.6. The van der Waals surface area contributed by atoms with Gasteiger partial charge < -0.3 is 20.3 Å². The second-order valence-electron chi connectivity index (χ2n) is 7.76. The van der Waals surface area contributed by atoms with Crippen molar-refractivity contribution in [3.05, 3.63) is 46.3 Å². The van der Waals surface area contributed by atoms with Gasteiger partial charge in [0.2, 0.25) is 0 Å². The maximum absolute atomic E-state index is 12.6. The Morgan fingerprint density at radius 1 is 1.26 bits per heavy atom. The number of rotatable bonds is 9. The summed E-state index contributed by atoms with van der Waals surface area (Å²) in [6.45, 7) is 11.6. The lowest BCUT2D eigenvalue weighted by atomic mass is 10.0. The molecule has 0 spiro atoms. The van der Waals surface area contributed by atoms with E-state index in [4.69, 9.17) is 0 Å². The molecule has 2 unspecified atom stereocenters. The number of fused-ring (bicyclic) bond motifs is 1. The molecule has 2 heterocycles. The zero-order chi connectivity index (χ0) is 22.7. The highest BCUT2D eigenvalue weighted by Crippen LogP contribution is 2.35. The van der Waals surface area contributed by atoms with Crippen LogP contribution in [0.5, 0.6) is 0 Å². The van der Waals surface area contributed by atoms with Crippen molar-refractivity contribution in [2.75, 3.05) is 37.8 Å². The lowest BCUT2D eigenvalue weighted by molar-refractivity contribution is -0.110. The number of aromatic amines is 1. The van der Waals surface area contributed by atoms with Gasteiger partial charge in [0.05, 0.1) is 5.57 Å². The third-order valence-corrected chi connectivity index (χ3v) is 6.78. The number of amides is 1. The fraction of sp³-hybridized carbons (Fsp3) is 0.435. The average Bonchev–Trinajstić information content (AvgIpc) is 3.20. The number of benzene rings is 1. The standard InChI is InChI=1S/C23H32N4O3S/c1-6-27(7-2)11-10-24-23(29)21-14(3)20(25-15(21)4)13-18-17-12-16(31(5)30)8-9-19(17)26-22(18)28/h8-9,12-13,23-25,29H,6-7,10-11H2,1-5H3,(H,26,28)/b18-13-. The number of nitrogens with one attached hydrogen (secondary N) is 3. The second-order valence-corrected chi connectivity index (χ2v) is 9.14. The van der Waals surface area contributed by atoms with E-state index in [0.717, 1.165) is 47.7 Å². The van der Waals surface area contributed by atoms with Crippen LogP contribution in [0.4, 0.5) is 5.69 Å². The Kier molecular flexibility index (Phi) is 7.48. The van der Waals surface area contributed by atoms with Crippen molar-refractivity contribution in [3.8, 4) is 0 Å². The van der Waals surface area contributed by atoms with E-state index < -0.39 is 17.0 Å². The first-order chi connectivity index (χ1) is 14.8. The Morgan fingerprint density at radius 2 is 1.97 bits per heavy atom. The molecule has 0 fully saturated rings. The largest absolute Gasteiger partial charge is 0.374 e. The molecule has 1 aromatic carbocycles. The topological polar surface area (TPSA) is 97.5 Å². The van der Waals surface area contributed by atoms with Crippen LogP contribution < -0.4 is 10.6 Å². The van der Waals surface area contributed by atoms with Crippen molar-refractivity contribution in [1.29, 1.82) is 0 Å². The first kappa shape index (κ1) is 23.4. The highest BCUT2D eigenvalue weighted by Gasteiger charge is 2.26. The molecular formula is C23H32N4O3S. The molecule has 168 valence electrons. The Bertz CT molecular complexity index is 1020. The number of hydrogen-bond acceptors (Lipinski definition) is 5. The summed E-state index contributed by atoms with van der Waals surface area (Å²) in [4.78, 5) is 18.9. The van der Waals surface area contributed by atoms with Crippen LogP contribution in [0.1, 0.15) is 48.2 Å². The molecular weight excluding hydrogens is 412 g/mol. The molecule has 1 aromatic heterocycles. The third kappa shape index (κ3) is 4.98. The molecule has 0 saturated carbocycles. The molecule has 31 heavy (non-hydrogen) atoms. The third-order valence-electron chi connectivity index (χ3n) is 5.86. The van der Waals surface area contributed by atoms with Crippen LogP contribution in [-0.2, 0) is 15.6 Å². The number of H-pyrrole nitrogens is 1. The Morgan fingerprint density at radius 3 is 2.61 bits per heavy atom. The highest BCUT2D eigenvalue weighted by molar-refractivity contribution is 7.84. The molecule has 1 aliphatic rings. The van der Waals surface area contributed by atoms with Gasteiger partial charge in [-0.25, -0.2) is 0 Å². The average molecular weight is 445 g/mol. The first-order valence-corrected chi connectivity index (χ1v) is 12.2. The number of hydrogen-bond donors (Lipinski definition) is 4. The summed E-state index contributed by atoms with van der Waals surface area (Å²) in [7, 11) is -1.13. The van der Waals surface area contributed by atoms with Crippen molar-refractivity contribution >= 4 is 34.0 Å². The van der Waals surface area contributed by atoms with Gasteiger partial charge in [-0.15, -0.1) is 0 Å². The SMILES string of the molecule is CCN(CC)CCNC(O)c1c(C)[nH]c(/C=C2\C(=O)Nc3ccc(S(C)=O)cc32)c1C. The number of likely N-dealkylation sites (N-methyl/N-ethyl adjacent to an activating group) is 1. The lowest BCUT2D eigenvalue weighted by Gasteiger charge is -2.20. The van der Waals surface area contributed by atoms with E-state index in [0.29, 0.717) is 22.7 Å². The van der Waals surface area contributed by atoms with Gasteiger partial charge >= 0.3 is 0 Å². The second kappa shape index (κ2) is 9.91. The summed E-state index contributed by atoms with van der Waals surface area (Å²) in [6.07, 6.45) is 2.63. The molecule has 2 atom stereocenters. The number of anilines is 1. The summed E-state index contributed by atoms with van der Waals surface area (Å²) in [6, 6.07) is 5.35. The fourth-order valence-corrected chi connectivity index (χ4v) is 4.52. The van der Waals surface area contributed by atoms with Gasteiger partial charge in [-0.1, -0.05) is 13.8 Å². The molecule has 2 aromatic rings. The minimum atomic E-state index is -1.13. The highest BCUT2D eigenvalue weighted by atomic mass is 32.2. The minimum absolute atomic E-state index is 0.194. The van der Waals surface area contributed by atoms with E-state index in [9.17, 15) is 14.1 Å². The van der Waals surface area contributed by atoms with E-state index in [2.05, 4.69) is 34.4 Å². The van der Waals surface area contributed by atoms with Crippen LogP contribution in [0.3, 0.4) is 0 Å². The Hall–Kier alpha value is -2.26. The summed E-state index contributed by atoms with van der Waals surface area (Å²) in [5.41, 5.74) is 5.29. The van der Waals surface area contributed by atoms with E-state index in [-0.39, 0.29) is 5.91 Å². The van der Waals surface area contributed by atoms with Gasteiger partial charge in [-0.2, -0.15) is 0 Å². The number of carbonyl (C=O) groups excluding carboxylic acids is 1. The summed E-state index contributed by atoms with van der Waals surface area (Å²) in [5, 5.41) is 16.8. The monoisotopic (exact) mass is 444 g/mol. The van der Waals surface area contributed by atoms with Crippen molar-refractivity contribution in [2.45, 2.75) is 38.8 Å². The van der Waals surface area contributed by atoms with Crippen LogP contribution in [0, 0.1) is 13.8 Å². The van der Waals surface area contributed by atoms with E-state index in [1.807, 2.05) is 13.8 Å². The Balaban J connectivity index is 1.86. The van der Waals surface area contributed by atoms with Gasteiger partial charge in [-0.3, -0.25) is 14.3 Å². The van der Waals surface area contributed by atoms with Crippen molar-refractivity contribution in [1.82, 2.24) is 15.2 Å². The van der Waals surface area contributed by atoms with Gasteiger partial charge in [0.25, 0.3) is 5.91 Å². The van der Waals surface area contributed by atoms with E-state index in [1.54, 1.807) is 30.5 Å². The van der Waals surface area contributed by atoms with E-state index >= 15 is 0 Å². The summed E-state index contributed by atoms with van der Waals surface area (Å²) < 4.78 is 11.9. The summed E-state index contributed by atoms with van der Waals surface area (Å²) >= 11 is 0. The van der Waals surface area contributed by atoms with E-state index in [1.165, 1.54) is 0 Å².